The van der Waals surface area contributed by atoms with E-state index in [1.165, 1.54) is 17.0 Å². The van der Waals surface area contributed by atoms with Gasteiger partial charge in [-0.05, 0) is 43.3 Å². The van der Waals surface area contributed by atoms with Crippen LogP contribution in [-0.4, -0.2) is 41.4 Å². The number of likely N-dealkylation sites (tertiary alicyclic amines) is 1. The number of benzene rings is 2. The van der Waals surface area contributed by atoms with Gasteiger partial charge < -0.3 is 15.0 Å². The van der Waals surface area contributed by atoms with Crippen molar-refractivity contribution in [2.75, 3.05) is 25.0 Å². The smallest absolute Gasteiger partial charge is 0.260 e. The number of nitrogens with zero attached hydrogens (tertiary/aromatic N) is 2. The van der Waals surface area contributed by atoms with Crippen molar-refractivity contribution in [3.8, 4) is 5.75 Å². The van der Waals surface area contributed by atoms with Crippen LogP contribution in [0, 0.1) is 18.7 Å². The molecule has 0 radical (unpaired) electrons. The molecule has 1 aliphatic heterocycles. The van der Waals surface area contributed by atoms with Crippen LogP contribution in [-0.2, 0) is 9.59 Å². The fourth-order valence-corrected chi connectivity index (χ4v) is 3.24. The van der Waals surface area contributed by atoms with Crippen LogP contribution in [0.5, 0.6) is 5.75 Å². The molecule has 1 saturated heterocycles. The lowest BCUT2D eigenvalue weighted by Crippen LogP contribution is -2.55. The molecule has 0 atom stereocenters. The molecule has 3 aromatic rings. The maximum atomic E-state index is 13.5. The van der Waals surface area contributed by atoms with Gasteiger partial charge in [-0.1, -0.05) is 18.2 Å². The van der Waals surface area contributed by atoms with E-state index >= 15 is 0 Å². The molecule has 1 N–H and O–H groups in total. The van der Waals surface area contributed by atoms with Gasteiger partial charge in [0.1, 0.15) is 0 Å². The lowest BCUT2D eigenvalue weighted by Gasteiger charge is -2.38. The molecule has 6 nitrogen and oxygen atoms in total. The third kappa shape index (κ3) is 4.03. The summed E-state index contributed by atoms with van der Waals surface area (Å²) >= 11 is 0. The number of nitrogens with one attached hydrogen (secondary N) is 1. The minimum absolute atomic E-state index is 0.0375. The van der Waals surface area contributed by atoms with E-state index in [2.05, 4.69) is 10.3 Å². The molecule has 148 valence electrons. The fourth-order valence-electron chi connectivity index (χ4n) is 3.24. The van der Waals surface area contributed by atoms with E-state index in [0.29, 0.717) is 18.8 Å². The Labute approximate surface area is 167 Å². The molecule has 2 aromatic carbocycles. The van der Waals surface area contributed by atoms with Crippen molar-refractivity contribution in [2.45, 2.75) is 6.92 Å². The Balaban J connectivity index is 1.31. The highest BCUT2D eigenvalue weighted by molar-refractivity contribution is 6.02. The van der Waals surface area contributed by atoms with Gasteiger partial charge in [-0.2, -0.15) is 0 Å². The predicted molar refractivity (Wildman–Crippen MR) is 107 cm³/mol. The highest BCUT2D eigenvalue weighted by atomic mass is 19.1. The van der Waals surface area contributed by atoms with Crippen LogP contribution in [0.15, 0.2) is 54.6 Å². The van der Waals surface area contributed by atoms with E-state index in [0.717, 1.165) is 16.6 Å². The summed E-state index contributed by atoms with van der Waals surface area (Å²) in [6.07, 6.45) is 0. The summed E-state index contributed by atoms with van der Waals surface area (Å²) in [5.41, 5.74) is 2.43. The summed E-state index contributed by atoms with van der Waals surface area (Å²) in [5, 5.41) is 3.81. The number of carbonyl (C=O) groups excluding carboxylic acids is 2. The molecule has 1 aromatic heterocycles. The number of aromatic nitrogens is 1. The lowest BCUT2D eigenvalue weighted by molar-refractivity contribution is -0.143. The Kier molecular flexibility index (Phi) is 5.12. The Bertz CT molecular complexity index is 1080. The number of rotatable bonds is 5. The molecule has 0 aliphatic carbocycles. The maximum Gasteiger partial charge on any atom is 0.260 e. The van der Waals surface area contributed by atoms with Crippen LogP contribution in [0.25, 0.3) is 10.9 Å². The molecule has 29 heavy (non-hydrogen) atoms. The number of hydrogen-bond donors (Lipinski definition) is 1. The van der Waals surface area contributed by atoms with E-state index < -0.39 is 5.82 Å². The molecule has 0 saturated carbocycles. The molecule has 2 amide bonds. The quantitative estimate of drug-likeness (QED) is 0.723. The highest BCUT2D eigenvalue weighted by Gasteiger charge is 2.36. The second-order valence-corrected chi connectivity index (χ2v) is 7.03. The topological polar surface area (TPSA) is 71.5 Å². The maximum absolute atomic E-state index is 13.5. The van der Waals surface area contributed by atoms with Gasteiger partial charge in [0.25, 0.3) is 5.91 Å². The first-order chi connectivity index (χ1) is 14.0. The van der Waals surface area contributed by atoms with Crippen LogP contribution in [0.1, 0.15) is 5.69 Å². The van der Waals surface area contributed by atoms with E-state index in [1.54, 1.807) is 12.1 Å². The monoisotopic (exact) mass is 393 g/mol. The summed E-state index contributed by atoms with van der Waals surface area (Å²) in [4.78, 5) is 30.7. The number of halogens is 1. The number of para-hydroxylation sites is 1. The van der Waals surface area contributed by atoms with Gasteiger partial charge in [0.15, 0.2) is 18.2 Å². The first-order valence-corrected chi connectivity index (χ1v) is 9.33. The molecule has 0 spiro atoms. The normalized spacial score (nSPS) is 13.8. The van der Waals surface area contributed by atoms with Gasteiger partial charge in [-0.25, -0.2) is 4.39 Å². The molecule has 2 heterocycles. The van der Waals surface area contributed by atoms with Crippen LogP contribution in [0.4, 0.5) is 10.1 Å². The van der Waals surface area contributed by atoms with E-state index in [-0.39, 0.29) is 30.1 Å². The Morgan fingerprint density at radius 2 is 1.93 bits per heavy atom. The summed E-state index contributed by atoms with van der Waals surface area (Å²) in [6.45, 7) is 2.28. The number of ether oxygens (including phenoxy) is 1. The van der Waals surface area contributed by atoms with Crippen LogP contribution < -0.4 is 10.1 Å². The average molecular weight is 393 g/mol. The number of amides is 2. The van der Waals surface area contributed by atoms with Crippen molar-refractivity contribution in [3.05, 3.63) is 66.1 Å². The number of pyridine rings is 1. The largest absolute Gasteiger partial charge is 0.481 e. The van der Waals surface area contributed by atoms with Crippen LogP contribution in [0.2, 0.25) is 0 Å². The van der Waals surface area contributed by atoms with Crippen LogP contribution >= 0.6 is 0 Å². The first-order valence-electron chi connectivity index (χ1n) is 9.33. The molecular formula is C22H20FN3O3. The van der Waals surface area contributed by atoms with Crippen LogP contribution in [0.3, 0.4) is 0 Å². The van der Waals surface area contributed by atoms with Gasteiger partial charge in [0.2, 0.25) is 5.91 Å². The highest BCUT2D eigenvalue weighted by Crippen LogP contribution is 2.25. The molecule has 1 fully saturated rings. The molecule has 7 heteroatoms. The van der Waals surface area contributed by atoms with Crippen molar-refractivity contribution < 1.29 is 18.7 Å². The van der Waals surface area contributed by atoms with Crippen molar-refractivity contribution in [1.82, 2.24) is 9.88 Å². The first kappa shape index (κ1) is 18.9. The van der Waals surface area contributed by atoms with Crippen molar-refractivity contribution in [3.63, 3.8) is 0 Å². The standard InChI is InChI=1S/C22H20FN3O3/c1-14-9-10-16-18(24-14)6-4-7-19(16)25-22(28)15-11-26(12-15)21(27)13-29-20-8-3-2-5-17(20)23/h2-10,15H,11-13H2,1H3,(H,25,28). The number of fused-ring (bicyclic) bond motifs is 1. The minimum atomic E-state index is -0.513. The second kappa shape index (κ2) is 7.87. The fraction of sp³-hybridized carbons (Fsp3) is 0.227. The molecular weight excluding hydrogens is 373 g/mol. The predicted octanol–water partition coefficient (Wildman–Crippen LogP) is 3.16. The SMILES string of the molecule is Cc1ccc2c(NC(=O)C3CN(C(=O)COc4ccccc4F)C3)cccc2n1. The average Bonchev–Trinajstić information content (AvgIpc) is 2.66. The van der Waals surface area contributed by atoms with Gasteiger partial charge in [-0.15, -0.1) is 0 Å². The summed E-state index contributed by atoms with van der Waals surface area (Å²) in [5.74, 6) is -1.18. The number of hydrogen-bond acceptors (Lipinski definition) is 4. The zero-order valence-electron chi connectivity index (χ0n) is 15.9. The summed E-state index contributed by atoms with van der Waals surface area (Å²) < 4.78 is 18.8. The Morgan fingerprint density at radius 3 is 2.72 bits per heavy atom. The van der Waals surface area contributed by atoms with E-state index in [9.17, 15) is 14.0 Å². The van der Waals surface area contributed by atoms with E-state index in [1.807, 2.05) is 37.3 Å². The number of aryl methyl sites for hydroxylation is 1. The van der Waals surface area contributed by atoms with Crippen molar-refractivity contribution in [1.29, 1.82) is 0 Å². The molecule has 1 aliphatic rings. The Morgan fingerprint density at radius 1 is 1.14 bits per heavy atom. The molecule has 0 unspecified atom stereocenters. The number of carbonyl (C=O) groups is 2. The lowest BCUT2D eigenvalue weighted by atomic mass is 9.98. The zero-order valence-corrected chi connectivity index (χ0v) is 15.9. The van der Waals surface area contributed by atoms with Crippen molar-refractivity contribution in [2.24, 2.45) is 5.92 Å². The summed E-state index contributed by atoms with van der Waals surface area (Å²) in [6, 6.07) is 15.3. The summed E-state index contributed by atoms with van der Waals surface area (Å²) in [7, 11) is 0. The van der Waals surface area contributed by atoms with Gasteiger partial charge in [0, 0.05) is 24.2 Å². The number of anilines is 1. The minimum Gasteiger partial charge on any atom is -0.481 e. The zero-order chi connectivity index (χ0) is 20.4. The van der Waals surface area contributed by atoms with Gasteiger partial charge >= 0.3 is 0 Å². The van der Waals surface area contributed by atoms with Crippen molar-refractivity contribution >= 4 is 28.4 Å². The molecule has 0 bridgehead atoms. The molecule has 4 rings (SSSR count). The second-order valence-electron chi connectivity index (χ2n) is 7.03. The third-order valence-electron chi connectivity index (χ3n) is 4.92. The van der Waals surface area contributed by atoms with E-state index in [4.69, 9.17) is 4.74 Å². The third-order valence-corrected chi connectivity index (χ3v) is 4.92. The van der Waals surface area contributed by atoms with Gasteiger partial charge in [-0.3, -0.25) is 14.6 Å². The van der Waals surface area contributed by atoms with Gasteiger partial charge in [0.05, 0.1) is 17.1 Å². The Hall–Kier alpha value is -3.48.